The van der Waals surface area contributed by atoms with Crippen molar-refractivity contribution in [1.82, 2.24) is 0 Å². The molecule has 0 aliphatic rings. The topological polar surface area (TPSA) is 81.4 Å². The van der Waals surface area contributed by atoms with Crippen LogP contribution in [0.25, 0.3) is 0 Å². The number of nitrogens with two attached hydrogens (primary N) is 1. The first-order chi connectivity index (χ1) is 3.56. The minimum atomic E-state index is -3.93. The van der Waals surface area contributed by atoms with E-state index in [1.54, 1.807) is 0 Å². The molecule has 0 aromatic rings. The van der Waals surface area contributed by atoms with E-state index in [1.165, 1.54) is 0 Å². The fourth-order valence-electron chi connectivity index (χ4n) is 0.165. The Morgan fingerprint density at radius 1 is 1.40 bits per heavy atom. The van der Waals surface area contributed by atoms with Crippen molar-refractivity contribution in [1.29, 1.82) is 0 Å². The summed E-state index contributed by atoms with van der Waals surface area (Å²) in [7, 11) is 0. The molecule has 0 atom stereocenters. The van der Waals surface area contributed by atoms with Crippen LogP contribution in [-0.2, 0) is 16.3 Å². The molecule has 2 N–H and O–H groups in total. The van der Waals surface area contributed by atoms with E-state index in [2.05, 4.69) is 16.3 Å². The van der Waals surface area contributed by atoms with Gasteiger partial charge >= 0.3 is 59.1 Å². The van der Waals surface area contributed by atoms with Gasteiger partial charge in [0.15, 0.2) is 0 Å². The summed E-state index contributed by atoms with van der Waals surface area (Å²) in [6, 6.07) is 0. The second-order valence-electron chi connectivity index (χ2n) is 1.07. The average molecular weight is 201 g/mol. The Balaban J connectivity index is -0.000000245. The van der Waals surface area contributed by atoms with E-state index in [0.717, 1.165) is 0 Å². The Labute approximate surface area is 109 Å². The van der Waals surface area contributed by atoms with Crippen LogP contribution in [0.5, 0.6) is 0 Å². The third-order valence-corrected chi connectivity index (χ3v) is 1.18. The number of hydrogen-bond acceptors (Lipinski definition) is 5. The van der Waals surface area contributed by atoms with Gasteiger partial charge in [0.1, 0.15) is 0 Å². The smallest absolute Gasteiger partial charge is 0.812 e. The normalized spacial score (nSPS) is 9.50. The molecule has 0 aliphatic heterocycles. The first kappa shape index (κ1) is 18.3. The molecular weight excluding hydrogens is 195 g/mol. The molecule has 0 radical (unpaired) electrons. The SMILES string of the molecule is NCCOP([O-])([O-])=S.[Na+].[Na+]. The summed E-state index contributed by atoms with van der Waals surface area (Å²) in [5, 5.41) is 0. The standard InChI is InChI=1S/C2H8NO3PS.2Na/c3-1-2-6-7(4,5)8;;/h1-3H2,(H2,4,5,8);;/q;2*+1/p-2. The van der Waals surface area contributed by atoms with Gasteiger partial charge in [0.2, 0.25) is 0 Å². The van der Waals surface area contributed by atoms with Gasteiger partial charge in [0.25, 0.3) is 0 Å². The van der Waals surface area contributed by atoms with Crippen molar-refractivity contribution >= 4 is 18.5 Å². The van der Waals surface area contributed by atoms with Gasteiger partial charge in [-0.2, -0.15) is 0 Å². The van der Waals surface area contributed by atoms with Crippen molar-refractivity contribution in [3.63, 3.8) is 0 Å². The van der Waals surface area contributed by atoms with Crippen LogP contribution in [0.15, 0.2) is 0 Å². The van der Waals surface area contributed by atoms with E-state index in [0.29, 0.717) is 0 Å². The monoisotopic (exact) mass is 201 g/mol. The summed E-state index contributed by atoms with van der Waals surface area (Å²) in [4.78, 5) is 19.9. The van der Waals surface area contributed by atoms with Gasteiger partial charge in [0.05, 0.1) is 6.61 Å². The molecular formula is C2H6NNa2O3PS. The zero-order valence-corrected chi connectivity index (χ0v) is 11.8. The molecule has 0 aliphatic carbocycles. The fourth-order valence-corrected chi connectivity index (χ4v) is 0.717. The van der Waals surface area contributed by atoms with E-state index in [4.69, 9.17) is 5.73 Å². The van der Waals surface area contributed by atoms with E-state index in [1.807, 2.05) is 0 Å². The second kappa shape index (κ2) is 9.58. The zero-order valence-electron chi connectivity index (χ0n) is 6.07. The molecule has 0 saturated heterocycles. The summed E-state index contributed by atoms with van der Waals surface area (Å²) in [6.07, 6.45) is 0. The van der Waals surface area contributed by atoms with Crippen LogP contribution in [0.1, 0.15) is 0 Å². The minimum absolute atomic E-state index is 0. The largest absolute Gasteiger partial charge is 1.00 e. The Kier molecular flexibility index (Phi) is 17.5. The average Bonchev–Trinajstić information content (AvgIpc) is 1.59. The molecule has 0 amide bonds. The minimum Gasteiger partial charge on any atom is -0.812 e. The fraction of sp³-hybridized carbons (Fsp3) is 1.00. The number of hydrogen-bond donors (Lipinski definition) is 1. The van der Waals surface area contributed by atoms with Crippen LogP contribution in [0, 0.1) is 0 Å². The van der Waals surface area contributed by atoms with Gasteiger partial charge in [0, 0.05) is 6.54 Å². The summed E-state index contributed by atoms with van der Waals surface area (Å²) in [6.45, 7) is -3.78. The quantitative estimate of drug-likeness (QED) is 0.362. The van der Waals surface area contributed by atoms with Crippen molar-refractivity contribution in [2.45, 2.75) is 0 Å². The van der Waals surface area contributed by atoms with Crippen molar-refractivity contribution < 1.29 is 73.4 Å². The molecule has 10 heavy (non-hydrogen) atoms. The first-order valence-electron chi connectivity index (χ1n) is 1.93. The Morgan fingerprint density at radius 2 is 1.80 bits per heavy atom. The van der Waals surface area contributed by atoms with E-state index in [9.17, 15) is 9.79 Å². The van der Waals surface area contributed by atoms with Crippen LogP contribution in [0.4, 0.5) is 0 Å². The maximum absolute atomic E-state index is 9.95. The van der Waals surface area contributed by atoms with E-state index >= 15 is 0 Å². The van der Waals surface area contributed by atoms with Crippen molar-refractivity contribution in [2.75, 3.05) is 13.2 Å². The molecule has 0 rings (SSSR count). The third kappa shape index (κ3) is 16.8. The molecule has 0 bridgehead atoms. The summed E-state index contributed by atoms with van der Waals surface area (Å²) < 4.78 is 4.07. The predicted octanol–water partition coefficient (Wildman–Crippen LogP) is -8.09. The van der Waals surface area contributed by atoms with Gasteiger partial charge < -0.3 is 20.0 Å². The molecule has 0 saturated carbocycles. The van der Waals surface area contributed by atoms with Crippen LogP contribution < -0.4 is 74.6 Å². The first-order valence-corrected chi connectivity index (χ1v) is 4.48. The van der Waals surface area contributed by atoms with E-state index < -0.39 is 6.72 Å². The summed E-state index contributed by atoms with van der Waals surface area (Å²) in [5.74, 6) is 0. The maximum atomic E-state index is 9.95. The van der Waals surface area contributed by atoms with E-state index in [-0.39, 0.29) is 72.3 Å². The molecule has 8 heteroatoms. The van der Waals surface area contributed by atoms with Crippen molar-refractivity contribution in [2.24, 2.45) is 5.73 Å². The molecule has 0 aromatic carbocycles. The Bertz CT molecular complexity index is 109. The van der Waals surface area contributed by atoms with Gasteiger partial charge in [-0.15, -0.1) is 11.8 Å². The van der Waals surface area contributed by atoms with Crippen LogP contribution in [0.3, 0.4) is 0 Å². The molecule has 0 unspecified atom stereocenters. The third-order valence-electron chi connectivity index (χ3n) is 0.367. The summed E-state index contributed by atoms with van der Waals surface area (Å²) in [5.41, 5.74) is 4.90. The molecule has 0 heterocycles. The number of rotatable bonds is 3. The van der Waals surface area contributed by atoms with Gasteiger partial charge in [-0.1, -0.05) is 6.72 Å². The molecule has 4 nitrogen and oxygen atoms in total. The molecule has 50 valence electrons. The van der Waals surface area contributed by atoms with Crippen LogP contribution in [-0.4, -0.2) is 13.2 Å². The summed E-state index contributed by atoms with van der Waals surface area (Å²) >= 11 is 3.87. The molecule has 0 spiro atoms. The Hall–Kier alpha value is 2.49. The molecule has 0 fully saturated rings. The van der Waals surface area contributed by atoms with Crippen molar-refractivity contribution in [3.8, 4) is 0 Å². The van der Waals surface area contributed by atoms with Crippen molar-refractivity contribution in [3.05, 3.63) is 0 Å². The van der Waals surface area contributed by atoms with Gasteiger partial charge in [-0.3, -0.25) is 0 Å². The second-order valence-corrected chi connectivity index (χ2v) is 3.56. The predicted molar refractivity (Wildman–Crippen MR) is 29.3 cm³/mol. The zero-order chi connectivity index (χ0) is 6.62. The van der Waals surface area contributed by atoms with Gasteiger partial charge in [-0.05, 0) is 0 Å². The Morgan fingerprint density at radius 3 is 1.90 bits per heavy atom. The maximum Gasteiger partial charge on any atom is 1.00 e. The van der Waals surface area contributed by atoms with Gasteiger partial charge in [-0.25, -0.2) is 0 Å². The molecule has 0 aromatic heterocycles. The van der Waals surface area contributed by atoms with Crippen LogP contribution >= 0.6 is 6.72 Å². The van der Waals surface area contributed by atoms with Crippen LogP contribution in [0.2, 0.25) is 0 Å².